The average Bonchev–Trinajstić information content (AvgIpc) is 3.02. The van der Waals surface area contributed by atoms with Crippen molar-refractivity contribution in [1.82, 2.24) is 15.4 Å². The third-order valence-corrected chi connectivity index (χ3v) is 4.46. The highest BCUT2D eigenvalue weighted by Gasteiger charge is 2.29. The number of aromatic amines is 1. The van der Waals surface area contributed by atoms with Crippen molar-refractivity contribution in [3.63, 3.8) is 0 Å². The summed E-state index contributed by atoms with van der Waals surface area (Å²) in [6.07, 6.45) is 4.54. The summed E-state index contributed by atoms with van der Waals surface area (Å²) in [6.45, 7) is 0. The maximum Gasteiger partial charge on any atom is 0.214 e. The van der Waals surface area contributed by atoms with Crippen molar-refractivity contribution in [3.8, 4) is 11.3 Å². The number of benzene rings is 1. The Kier molecular flexibility index (Phi) is 4.38. The Morgan fingerprint density at radius 3 is 2.52 bits per heavy atom. The number of H-pyrrole nitrogens is 1. The highest BCUT2D eigenvalue weighted by Crippen LogP contribution is 2.42. The summed E-state index contributed by atoms with van der Waals surface area (Å²) in [5.41, 5.74) is 1.08. The van der Waals surface area contributed by atoms with Crippen molar-refractivity contribution >= 4 is 46.5 Å². The predicted molar refractivity (Wildman–Crippen MR) is 92.4 cm³/mol. The molecule has 10 heteroatoms. The van der Waals surface area contributed by atoms with Gasteiger partial charge < -0.3 is 10.2 Å². The molecule has 1 aliphatic heterocycles. The second kappa shape index (κ2) is 6.31. The number of hydrogen-bond donors (Lipinski definition) is 3. The van der Waals surface area contributed by atoms with Crippen LogP contribution in [-0.4, -0.2) is 43.3 Å². The lowest BCUT2D eigenvalue weighted by Crippen LogP contribution is -2.35. The van der Waals surface area contributed by atoms with E-state index in [4.69, 9.17) is 23.2 Å². The van der Waals surface area contributed by atoms with Gasteiger partial charge in [0, 0.05) is 11.8 Å². The van der Waals surface area contributed by atoms with Gasteiger partial charge in [0.05, 0.1) is 21.8 Å². The minimum atomic E-state index is -0.590. The number of aromatic nitrogens is 3. The first-order chi connectivity index (χ1) is 11.0. The number of aliphatic hydroxyl groups excluding tert-OH is 2. The fraction of sp³-hybridized carbons (Fsp3) is 0.154. The number of halogens is 2. The van der Waals surface area contributed by atoms with Crippen molar-refractivity contribution in [1.29, 1.82) is 0 Å². The van der Waals surface area contributed by atoms with E-state index in [1.54, 1.807) is 24.6 Å². The van der Waals surface area contributed by atoms with E-state index in [9.17, 15) is 10.2 Å². The van der Waals surface area contributed by atoms with Crippen LogP contribution < -0.4 is 4.90 Å². The molecule has 23 heavy (non-hydrogen) atoms. The van der Waals surface area contributed by atoms with E-state index in [2.05, 4.69) is 20.4 Å². The standard InChI is InChI=1S/C13H11Cl2N5O2S/c1-23-13-17-10(21)4-11(22)20(13)12-7(14)2-6(3-8(12)15)9-5-16-19-18-9/h2-5,13,22H,1H3,(H,17,21)(H,16,18,19). The van der Waals surface area contributed by atoms with Crippen molar-refractivity contribution in [2.45, 2.75) is 5.50 Å². The number of nitrogens with one attached hydrogen (secondary N) is 1. The first kappa shape index (κ1) is 16.0. The smallest absolute Gasteiger partial charge is 0.214 e. The second-order valence-corrected chi connectivity index (χ2v) is 6.28. The Morgan fingerprint density at radius 2 is 1.96 bits per heavy atom. The van der Waals surface area contributed by atoms with Crippen LogP contribution in [0.5, 0.6) is 0 Å². The van der Waals surface area contributed by atoms with E-state index in [0.717, 1.165) is 6.08 Å². The van der Waals surface area contributed by atoms with Gasteiger partial charge in [-0.05, 0) is 18.4 Å². The van der Waals surface area contributed by atoms with Gasteiger partial charge in [0.15, 0.2) is 11.4 Å². The van der Waals surface area contributed by atoms with Crippen LogP contribution in [0.25, 0.3) is 11.3 Å². The predicted octanol–water partition coefficient (Wildman–Crippen LogP) is 3.60. The topological polar surface area (TPSA) is 97.6 Å². The first-order valence-corrected chi connectivity index (χ1v) is 8.41. The van der Waals surface area contributed by atoms with E-state index in [0.29, 0.717) is 27.0 Å². The maximum atomic E-state index is 10.2. The van der Waals surface area contributed by atoms with E-state index < -0.39 is 5.50 Å². The molecule has 2 aromatic rings. The van der Waals surface area contributed by atoms with Crippen molar-refractivity contribution in [2.24, 2.45) is 4.99 Å². The Bertz CT molecular complexity index is 771. The SMILES string of the molecule is CSC1N=C(O)C=C(O)N1c1c(Cl)cc(-c2c[nH]nn2)cc1Cl. The monoisotopic (exact) mass is 371 g/mol. The highest BCUT2D eigenvalue weighted by molar-refractivity contribution is 7.99. The molecule has 3 rings (SSSR count). The van der Waals surface area contributed by atoms with E-state index in [-0.39, 0.29) is 11.8 Å². The van der Waals surface area contributed by atoms with Gasteiger partial charge in [-0.25, -0.2) is 4.99 Å². The number of nitrogens with zero attached hydrogens (tertiary/aromatic N) is 4. The summed E-state index contributed by atoms with van der Waals surface area (Å²) in [5, 5.41) is 30.5. The van der Waals surface area contributed by atoms with Crippen molar-refractivity contribution < 1.29 is 10.2 Å². The van der Waals surface area contributed by atoms with Gasteiger partial charge in [0.25, 0.3) is 0 Å². The Labute approximate surface area is 145 Å². The molecule has 0 aliphatic carbocycles. The van der Waals surface area contributed by atoms with Gasteiger partial charge >= 0.3 is 0 Å². The number of aliphatic hydroxyl groups is 2. The Hall–Kier alpha value is -1.90. The number of rotatable bonds is 3. The third-order valence-electron chi connectivity index (χ3n) is 3.15. The molecule has 0 radical (unpaired) electrons. The van der Waals surface area contributed by atoms with Crippen LogP contribution in [-0.2, 0) is 0 Å². The molecule has 1 unspecified atom stereocenters. The lowest BCUT2D eigenvalue weighted by atomic mass is 10.1. The summed E-state index contributed by atoms with van der Waals surface area (Å²) >= 11 is 14.0. The normalized spacial score (nSPS) is 17.9. The average molecular weight is 372 g/mol. The van der Waals surface area contributed by atoms with Gasteiger partial charge in [-0.1, -0.05) is 28.4 Å². The first-order valence-electron chi connectivity index (χ1n) is 6.36. The summed E-state index contributed by atoms with van der Waals surface area (Å²) in [5.74, 6) is -0.459. The van der Waals surface area contributed by atoms with Crippen molar-refractivity contribution in [3.05, 3.63) is 40.3 Å². The van der Waals surface area contributed by atoms with E-state index in [1.165, 1.54) is 16.7 Å². The summed E-state index contributed by atoms with van der Waals surface area (Å²) in [4.78, 5) is 5.49. The molecule has 2 heterocycles. The highest BCUT2D eigenvalue weighted by atomic mass is 35.5. The van der Waals surface area contributed by atoms with Crippen LogP contribution in [0.15, 0.2) is 35.3 Å². The van der Waals surface area contributed by atoms with Crippen LogP contribution in [0, 0.1) is 0 Å². The molecule has 1 aromatic heterocycles. The third kappa shape index (κ3) is 2.97. The lowest BCUT2D eigenvalue weighted by molar-refractivity contribution is 0.381. The fourth-order valence-electron chi connectivity index (χ4n) is 2.18. The van der Waals surface area contributed by atoms with Crippen molar-refractivity contribution in [2.75, 3.05) is 11.2 Å². The zero-order valence-electron chi connectivity index (χ0n) is 11.7. The minimum Gasteiger partial charge on any atom is -0.494 e. The van der Waals surface area contributed by atoms with Crippen LogP contribution in [0.2, 0.25) is 10.0 Å². The van der Waals surface area contributed by atoms with Gasteiger partial charge in [0.1, 0.15) is 5.69 Å². The van der Waals surface area contributed by atoms with Gasteiger partial charge in [-0.3, -0.25) is 10.00 Å². The second-order valence-electron chi connectivity index (χ2n) is 4.57. The summed E-state index contributed by atoms with van der Waals surface area (Å²) < 4.78 is 0. The molecule has 120 valence electrons. The quantitative estimate of drug-likeness (QED) is 0.762. The Balaban J connectivity index is 2.08. The molecule has 0 amide bonds. The molecule has 7 nitrogen and oxygen atoms in total. The molecule has 0 bridgehead atoms. The summed E-state index contributed by atoms with van der Waals surface area (Å²) in [6, 6.07) is 3.34. The molecular weight excluding hydrogens is 361 g/mol. The molecule has 0 spiro atoms. The van der Waals surface area contributed by atoms with Crippen LogP contribution in [0.4, 0.5) is 5.69 Å². The molecule has 0 saturated heterocycles. The lowest BCUT2D eigenvalue weighted by Gasteiger charge is -2.32. The van der Waals surface area contributed by atoms with E-state index in [1.807, 2.05) is 0 Å². The zero-order valence-corrected chi connectivity index (χ0v) is 14.1. The van der Waals surface area contributed by atoms with Gasteiger partial charge in [-0.2, -0.15) is 0 Å². The summed E-state index contributed by atoms with van der Waals surface area (Å²) in [7, 11) is 0. The zero-order chi connectivity index (χ0) is 16.6. The number of aliphatic imine (C=N–C) groups is 1. The van der Waals surface area contributed by atoms with E-state index >= 15 is 0 Å². The molecule has 0 fully saturated rings. The molecular formula is C13H11Cl2N5O2S. The fourth-order valence-corrected chi connectivity index (χ4v) is 3.48. The largest absolute Gasteiger partial charge is 0.494 e. The van der Waals surface area contributed by atoms with Crippen LogP contribution in [0.1, 0.15) is 0 Å². The van der Waals surface area contributed by atoms with Crippen LogP contribution >= 0.6 is 35.0 Å². The molecule has 1 aliphatic rings. The number of thioether (sulfide) groups is 1. The Morgan fingerprint density at radius 1 is 1.26 bits per heavy atom. The molecule has 1 aromatic carbocycles. The molecule has 3 N–H and O–H groups in total. The number of hydrogen-bond acceptors (Lipinski definition) is 6. The minimum absolute atomic E-state index is 0.199. The van der Waals surface area contributed by atoms with Crippen LogP contribution in [0.3, 0.4) is 0 Å². The van der Waals surface area contributed by atoms with Gasteiger partial charge in [0.2, 0.25) is 5.90 Å². The molecule has 0 saturated carbocycles. The molecule has 1 atom stereocenters. The maximum absolute atomic E-state index is 10.2. The number of anilines is 1. The van der Waals surface area contributed by atoms with Gasteiger partial charge in [-0.15, -0.1) is 16.9 Å².